The Labute approximate surface area is 187 Å². The van der Waals surface area contributed by atoms with Crippen LogP contribution in [0.4, 0.5) is 16.2 Å². The van der Waals surface area contributed by atoms with Crippen molar-refractivity contribution >= 4 is 23.9 Å². The normalized spacial score (nSPS) is 20.1. The zero-order valence-electron chi connectivity index (χ0n) is 19.3. The van der Waals surface area contributed by atoms with Crippen molar-refractivity contribution in [2.75, 3.05) is 36.5 Å². The standard InChI is InChI=1S/C25H39N3O3/c1-3-31-25(30)26-22-12-13-24(20(2)17-22)27-15-8-9-21(18-27)14-16-28(19-29)23-10-6-4-5-7-11-23/h12-13,17,19,21,23H,3-11,14-16,18H2,1-2H3,(H,26,30). The first-order valence-electron chi connectivity index (χ1n) is 12.1. The molecule has 1 N–H and O–H groups in total. The summed E-state index contributed by atoms with van der Waals surface area (Å²) in [6, 6.07) is 6.50. The van der Waals surface area contributed by atoms with Gasteiger partial charge in [0.1, 0.15) is 0 Å². The van der Waals surface area contributed by atoms with Gasteiger partial charge in [0, 0.05) is 37.1 Å². The minimum Gasteiger partial charge on any atom is -0.450 e. The molecule has 2 aliphatic rings. The zero-order chi connectivity index (χ0) is 22.1. The first-order valence-corrected chi connectivity index (χ1v) is 12.1. The van der Waals surface area contributed by atoms with Crippen LogP contribution < -0.4 is 10.2 Å². The molecule has 1 aliphatic heterocycles. The number of nitrogens with zero attached hydrogens (tertiary/aromatic N) is 2. The SMILES string of the molecule is CCOC(=O)Nc1ccc(N2CCCC(CCN(C=O)C3CCCCCC3)C2)c(C)c1. The number of ether oxygens (including phenoxy) is 1. The summed E-state index contributed by atoms with van der Waals surface area (Å²) in [6.45, 7) is 7.22. The zero-order valence-corrected chi connectivity index (χ0v) is 19.3. The molecule has 6 heteroatoms. The van der Waals surface area contributed by atoms with Crippen molar-refractivity contribution in [3.05, 3.63) is 23.8 Å². The van der Waals surface area contributed by atoms with Gasteiger partial charge in [0.2, 0.25) is 6.41 Å². The summed E-state index contributed by atoms with van der Waals surface area (Å²) in [7, 11) is 0. The van der Waals surface area contributed by atoms with Gasteiger partial charge in [-0.05, 0) is 75.6 Å². The van der Waals surface area contributed by atoms with E-state index in [9.17, 15) is 9.59 Å². The highest BCUT2D eigenvalue weighted by Gasteiger charge is 2.24. The molecule has 0 aromatic heterocycles. The van der Waals surface area contributed by atoms with Crippen LogP contribution in [0, 0.1) is 12.8 Å². The fourth-order valence-corrected chi connectivity index (χ4v) is 5.14. The first kappa shape index (κ1) is 23.4. The third-order valence-corrected chi connectivity index (χ3v) is 6.80. The van der Waals surface area contributed by atoms with E-state index in [1.807, 2.05) is 12.1 Å². The van der Waals surface area contributed by atoms with Crippen LogP contribution in [0.2, 0.25) is 0 Å². The molecule has 172 valence electrons. The van der Waals surface area contributed by atoms with Gasteiger partial charge in [-0.1, -0.05) is 25.7 Å². The van der Waals surface area contributed by atoms with E-state index in [4.69, 9.17) is 4.74 Å². The van der Waals surface area contributed by atoms with E-state index in [0.29, 0.717) is 18.6 Å². The smallest absolute Gasteiger partial charge is 0.411 e. The van der Waals surface area contributed by atoms with Crippen LogP contribution in [0.3, 0.4) is 0 Å². The Bertz CT molecular complexity index is 716. The van der Waals surface area contributed by atoms with Gasteiger partial charge in [0.15, 0.2) is 0 Å². The number of carbonyl (C=O) groups is 2. The second kappa shape index (κ2) is 12.0. The number of rotatable bonds is 8. The fraction of sp³-hybridized carbons (Fsp3) is 0.680. The molecule has 0 radical (unpaired) electrons. The molecule has 3 rings (SSSR count). The Morgan fingerprint density at radius 3 is 2.65 bits per heavy atom. The van der Waals surface area contributed by atoms with Gasteiger partial charge >= 0.3 is 6.09 Å². The first-order chi connectivity index (χ1) is 15.1. The number of piperidine rings is 1. The number of anilines is 2. The molecular weight excluding hydrogens is 390 g/mol. The van der Waals surface area contributed by atoms with E-state index in [0.717, 1.165) is 43.7 Å². The monoisotopic (exact) mass is 429 g/mol. The summed E-state index contributed by atoms with van der Waals surface area (Å²) in [4.78, 5) is 28.0. The summed E-state index contributed by atoms with van der Waals surface area (Å²) in [5.74, 6) is 0.610. The van der Waals surface area contributed by atoms with Crippen molar-refractivity contribution in [2.45, 2.75) is 77.7 Å². The maximum atomic E-state index is 11.7. The van der Waals surface area contributed by atoms with Gasteiger partial charge in [-0.3, -0.25) is 10.1 Å². The second-order valence-corrected chi connectivity index (χ2v) is 9.08. The molecule has 0 bridgehead atoms. The van der Waals surface area contributed by atoms with E-state index in [1.54, 1.807) is 6.92 Å². The van der Waals surface area contributed by atoms with E-state index < -0.39 is 6.09 Å². The van der Waals surface area contributed by atoms with Crippen LogP contribution in [0.15, 0.2) is 18.2 Å². The second-order valence-electron chi connectivity index (χ2n) is 9.08. The Kier molecular flexibility index (Phi) is 9.04. The lowest BCUT2D eigenvalue weighted by Crippen LogP contribution is -2.39. The van der Waals surface area contributed by atoms with Gasteiger partial charge in [0.25, 0.3) is 0 Å². The lowest BCUT2D eigenvalue weighted by molar-refractivity contribution is -0.120. The minimum atomic E-state index is -0.416. The molecule has 2 amide bonds. The van der Waals surface area contributed by atoms with Gasteiger partial charge in [-0.25, -0.2) is 4.79 Å². The summed E-state index contributed by atoms with van der Waals surface area (Å²) >= 11 is 0. The summed E-state index contributed by atoms with van der Waals surface area (Å²) in [5, 5.41) is 2.78. The average molecular weight is 430 g/mol. The lowest BCUT2D eigenvalue weighted by Gasteiger charge is -2.37. The third kappa shape index (κ3) is 6.88. The Hall–Kier alpha value is -2.24. The molecular formula is C25H39N3O3. The topological polar surface area (TPSA) is 61.9 Å². The van der Waals surface area contributed by atoms with Crippen molar-refractivity contribution in [3.8, 4) is 0 Å². The number of hydrogen-bond acceptors (Lipinski definition) is 4. The molecule has 2 fully saturated rings. The average Bonchev–Trinajstić information content (AvgIpc) is 3.04. The van der Waals surface area contributed by atoms with Crippen molar-refractivity contribution in [3.63, 3.8) is 0 Å². The van der Waals surface area contributed by atoms with Crippen molar-refractivity contribution in [2.24, 2.45) is 5.92 Å². The molecule has 1 saturated carbocycles. The van der Waals surface area contributed by atoms with E-state index >= 15 is 0 Å². The quantitative estimate of drug-likeness (QED) is 0.447. The van der Waals surface area contributed by atoms with Gasteiger partial charge in [-0.2, -0.15) is 0 Å². The number of carbonyl (C=O) groups excluding carboxylic acids is 2. The molecule has 0 spiro atoms. The van der Waals surface area contributed by atoms with Crippen molar-refractivity contribution in [1.82, 2.24) is 4.90 Å². The Morgan fingerprint density at radius 2 is 1.97 bits per heavy atom. The third-order valence-electron chi connectivity index (χ3n) is 6.80. The predicted octanol–water partition coefficient (Wildman–Crippen LogP) is 5.35. The van der Waals surface area contributed by atoms with Crippen molar-refractivity contribution in [1.29, 1.82) is 0 Å². The van der Waals surface area contributed by atoms with Crippen LogP contribution in [-0.2, 0) is 9.53 Å². The molecule has 1 saturated heterocycles. The number of benzene rings is 1. The van der Waals surface area contributed by atoms with Crippen LogP contribution in [-0.4, -0.2) is 49.7 Å². The lowest BCUT2D eigenvalue weighted by atomic mass is 9.93. The Balaban J connectivity index is 1.54. The maximum Gasteiger partial charge on any atom is 0.411 e. The molecule has 1 aromatic rings. The van der Waals surface area contributed by atoms with Crippen LogP contribution >= 0.6 is 0 Å². The highest BCUT2D eigenvalue weighted by Crippen LogP contribution is 2.30. The maximum absolute atomic E-state index is 11.7. The van der Waals surface area contributed by atoms with Crippen molar-refractivity contribution < 1.29 is 14.3 Å². The van der Waals surface area contributed by atoms with Gasteiger partial charge < -0.3 is 14.5 Å². The fourth-order valence-electron chi connectivity index (χ4n) is 5.14. The summed E-state index contributed by atoms with van der Waals surface area (Å²) < 4.78 is 4.96. The number of hydrogen-bond donors (Lipinski definition) is 1. The highest BCUT2D eigenvalue weighted by molar-refractivity contribution is 5.85. The predicted molar refractivity (Wildman–Crippen MR) is 126 cm³/mol. The molecule has 1 heterocycles. The van der Waals surface area contributed by atoms with Gasteiger partial charge in [-0.15, -0.1) is 0 Å². The summed E-state index contributed by atoms with van der Waals surface area (Å²) in [5.41, 5.74) is 3.15. The van der Waals surface area contributed by atoms with Crippen LogP contribution in [0.5, 0.6) is 0 Å². The van der Waals surface area contributed by atoms with Gasteiger partial charge in [0.05, 0.1) is 6.61 Å². The van der Waals surface area contributed by atoms with Crippen LogP contribution in [0.1, 0.15) is 70.3 Å². The molecule has 6 nitrogen and oxygen atoms in total. The highest BCUT2D eigenvalue weighted by atomic mass is 16.5. The number of nitrogens with one attached hydrogen (secondary N) is 1. The van der Waals surface area contributed by atoms with Crippen LogP contribution in [0.25, 0.3) is 0 Å². The van der Waals surface area contributed by atoms with E-state index in [1.165, 1.54) is 57.1 Å². The molecule has 1 aliphatic carbocycles. The number of aryl methyl sites for hydroxylation is 1. The molecule has 1 atom stereocenters. The van der Waals surface area contributed by atoms with E-state index in [2.05, 4.69) is 28.1 Å². The minimum absolute atomic E-state index is 0.361. The molecule has 1 aromatic carbocycles. The summed E-state index contributed by atoms with van der Waals surface area (Å²) in [6.07, 6.45) is 11.6. The molecule has 1 unspecified atom stereocenters. The largest absolute Gasteiger partial charge is 0.450 e. The van der Waals surface area contributed by atoms with E-state index in [-0.39, 0.29) is 0 Å². The number of amides is 2. The molecule has 31 heavy (non-hydrogen) atoms. The Morgan fingerprint density at radius 1 is 1.19 bits per heavy atom.